The van der Waals surface area contributed by atoms with Crippen LogP contribution in [0.4, 0.5) is 5.69 Å². The van der Waals surface area contributed by atoms with Gasteiger partial charge < -0.3 is 14.6 Å². The molecule has 1 N–H and O–H groups in total. The highest BCUT2D eigenvalue weighted by Gasteiger charge is 2.01. The molecule has 5 heteroatoms. The van der Waals surface area contributed by atoms with E-state index in [-0.39, 0.29) is 11.5 Å². The van der Waals surface area contributed by atoms with Crippen LogP contribution in [0.25, 0.3) is 0 Å². The maximum atomic E-state index is 11.5. The number of amides is 1. The lowest BCUT2D eigenvalue weighted by atomic mass is 10.3. The quantitative estimate of drug-likeness (QED) is 0.803. The number of rotatable bonds is 5. The van der Waals surface area contributed by atoms with Crippen LogP contribution in [0.5, 0.6) is 0 Å². The Balaban J connectivity index is 2.81. The topological polar surface area (TPSA) is 60.3 Å². The fraction of sp³-hybridized carbons (Fsp3) is 0.385. The highest BCUT2D eigenvalue weighted by Crippen LogP contribution is 2.04. The second-order valence-corrected chi connectivity index (χ2v) is 4.15. The van der Waals surface area contributed by atoms with Crippen molar-refractivity contribution in [1.82, 2.24) is 4.57 Å². The molecule has 0 aromatic carbocycles. The second kappa shape index (κ2) is 6.76. The fourth-order valence-corrected chi connectivity index (χ4v) is 1.41. The van der Waals surface area contributed by atoms with E-state index < -0.39 is 0 Å². The first-order valence-corrected chi connectivity index (χ1v) is 5.68. The third kappa shape index (κ3) is 4.55. The van der Waals surface area contributed by atoms with Crippen LogP contribution in [0.3, 0.4) is 0 Å². The van der Waals surface area contributed by atoms with Gasteiger partial charge in [-0.2, -0.15) is 0 Å². The fourth-order valence-electron chi connectivity index (χ4n) is 1.41. The van der Waals surface area contributed by atoms with Crippen LogP contribution in [-0.2, 0) is 16.1 Å². The molecule has 0 aliphatic rings. The molecule has 1 aromatic heterocycles. The van der Waals surface area contributed by atoms with Crippen molar-refractivity contribution in [1.29, 1.82) is 0 Å². The molecule has 98 valence electrons. The summed E-state index contributed by atoms with van der Waals surface area (Å²) in [6, 6.07) is 3.01. The Labute approximate surface area is 106 Å². The van der Waals surface area contributed by atoms with Gasteiger partial charge in [-0.05, 0) is 19.9 Å². The van der Waals surface area contributed by atoms with Crippen molar-refractivity contribution < 1.29 is 9.53 Å². The first-order chi connectivity index (χ1) is 8.52. The van der Waals surface area contributed by atoms with Gasteiger partial charge in [0.05, 0.1) is 12.3 Å². The van der Waals surface area contributed by atoms with Crippen molar-refractivity contribution in [2.75, 3.05) is 19.0 Å². The molecule has 0 aliphatic carbocycles. The Hall–Kier alpha value is -1.88. The van der Waals surface area contributed by atoms with E-state index >= 15 is 0 Å². The third-order valence-corrected chi connectivity index (χ3v) is 2.21. The Morgan fingerprint density at radius 2 is 2.17 bits per heavy atom. The molecule has 5 nitrogen and oxygen atoms in total. The van der Waals surface area contributed by atoms with Crippen LogP contribution >= 0.6 is 0 Å². The van der Waals surface area contributed by atoms with Crippen LogP contribution in [0, 0.1) is 0 Å². The van der Waals surface area contributed by atoms with E-state index in [0.29, 0.717) is 18.8 Å². The summed E-state index contributed by atoms with van der Waals surface area (Å²) in [4.78, 5) is 23.1. The van der Waals surface area contributed by atoms with Crippen LogP contribution in [-0.4, -0.2) is 24.2 Å². The zero-order valence-electron chi connectivity index (χ0n) is 10.9. The molecule has 0 saturated heterocycles. The van der Waals surface area contributed by atoms with E-state index in [0.717, 1.165) is 5.57 Å². The number of methoxy groups -OCH3 is 1. The Morgan fingerprint density at radius 1 is 1.44 bits per heavy atom. The molecule has 0 aliphatic heterocycles. The van der Waals surface area contributed by atoms with Crippen molar-refractivity contribution in [2.45, 2.75) is 20.4 Å². The minimum atomic E-state index is -0.202. The number of hydrogen-bond acceptors (Lipinski definition) is 3. The van der Waals surface area contributed by atoms with Crippen molar-refractivity contribution in [3.63, 3.8) is 0 Å². The lowest BCUT2D eigenvalue weighted by molar-refractivity contribution is -0.111. The van der Waals surface area contributed by atoms with Gasteiger partial charge in [-0.15, -0.1) is 0 Å². The second-order valence-electron chi connectivity index (χ2n) is 4.15. The number of pyridine rings is 1. The SMILES string of the molecule is COCCn1cc(NC(=O)C=C(C)C)ccc1=O. The zero-order valence-corrected chi connectivity index (χ0v) is 10.9. The van der Waals surface area contributed by atoms with Crippen LogP contribution in [0.1, 0.15) is 13.8 Å². The molecule has 0 atom stereocenters. The van der Waals surface area contributed by atoms with Gasteiger partial charge in [0.25, 0.3) is 5.56 Å². The molecule has 0 unspecified atom stereocenters. The van der Waals surface area contributed by atoms with Crippen LogP contribution in [0.2, 0.25) is 0 Å². The van der Waals surface area contributed by atoms with E-state index in [1.54, 1.807) is 19.4 Å². The Morgan fingerprint density at radius 3 is 2.78 bits per heavy atom. The summed E-state index contributed by atoms with van der Waals surface area (Å²) >= 11 is 0. The predicted octanol–water partition coefficient (Wildman–Crippen LogP) is 1.40. The summed E-state index contributed by atoms with van der Waals surface area (Å²) in [6.45, 7) is 4.60. The van der Waals surface area contributed by atoms with Gasteiger partial charge in [-0.25, -0.2) is 0 Å². The number of carbonyl (C=O) groups excluding carboxylic acids is 1. The van der Waals surface area contributed by atoms with E-state index in [2.05, 4.69) is 5.32 Å². The number of nitrogens with one attached hydrogen (secondary N) is 1. The minimum Gasteiger partial charge on any atom is -0.383 e. The zero-order chi connectivity index (χ0) is 13.5. The van der Waals surface area contributed by atoms with E-state index in [1.165, 1.54) is 16.7 Å². The lowest BCUT2D eigenvalue weighted by Crippen LogP contribution is -2.22. The Bertz CT molecular complexity index is 499. The van der Waals surface area contributed by atoms with Gasteiger partial charge in [-0.3, -0.25) is 9.59 Å². The van der Waals surface area contributed by atoms with Gasteiger partial charge in [0.2, 0.25) is 5.91 Å². The largest absolute Gasteiger partial charge is 0.383 e. The number of aromatic nitrogens is 1. The maximum absolute atomic E-state index is 11.5. The van der Waals surface area contributed by atoms with Crippen LogP contribution < -0.4 is 10.9 Å². The van der Waals surface area contributed by atoms with E-state index in [4.69, 9.17) is 4.74 Å². The standard InChI is InChI=1S/C13H18N2O3/c1-10(2)8-12(16)14-11-4-5-13(17)15(9-11)6-7-18-3/h4-5,8-9H,6-7H2,1-3H3,(H,14,16). The average molecular weight is 250 g/mol. The molecule has 1 heterocycles. The predicted molar refractivity (Wildman–Crippen MR) is 70.6 cm³/mol. The maximum Gasteiger partial charge on any atom is 0.250 e. The van der Waals surface area contributed by atoms with Gasteiger partial charge in [0.15, 0.2) is 0 Å². The van der Waals surface area contributed by atoms with Crippen LogP contribution in [0.15, 0.2) is 34.8 Å². The number of hydrogen-bond donors (Lipinski definition) is 1. The Kier molecular flexibility index (Phi) is 5.32. The molecule has 1 rings (SSSR count). The monoisotopic (exact) mass is 250 g/mol. The number of carbonyl (C=O) groups is 1. The molecular weight excluding hydrogens is 232 g/mol. The molecule has 0 fully saturated rings. The number of anilines is 1. The summed E-state index contributed by atoms with van der Waals surface area (Å²) in [5.41, 5.74) is 1.39. The van der Waals surface area contributed by atoms with Gasteiger partial charge in [0.1, 0.15) is 0 Å². The molecule has 1 amide bonds. The molecule has 0 spiro atoms. The minimum absolute atomic E-state index is 0.118. The summed E-state index contributed by atoms with van der Waals surface area (Å²) in [6.07, 6.45) is 3.11. The van der Waals surface area contributed by atoms with Gasteiger partial charge in [-0.1, -0.05) is 5.57 Å². The van der Waals surface area contributed by atoms with Crippen molar-refractivity contribution in [3.05, 3.63) is 40.3 Å². The summed E-state index contributed by atoms with van der Waals surface area (Å²) < 4.78 is 6.42. The van der Waals surface area contributed by atoms with E-state index in [9.17, 15) is 9.59 Å². The van der Waals surface area contributed by atoms with Crippen molar-refractivity contribution >= 4 is 11.6 Å². The number of ether oxygens (including phenoxy) is 1. The number of allylic oxidation sites excluding steroid dienone is 1. The molecular formula is C13H18N2O3. The van der Waals surface area contributed by atoms with E-state index in [1.807, 2.05) is 13.8 Å². The van der Waals surface area contributed by atoms with Crippen molar-refractivity contribution in [2.24, 2.45) is 0 Å². The van der Waals surface area contributed by atoms with Crippen molar-refractivity contribution in [3.8, 4) is 0 Å². The van der Waals surface area contributed by atoms with Gasteiger partial charge in [0, 0.05) is 32.0 Å². The highest BCUT2D eigenvalue weighted by molar-refractivity contribution is 5.99. The third-order valence-electron chi connectivity index (χ3n) is 2.21. The number of nitrogens with zero attached hydrogens (tertiary/aromatic N) is 1. The highest BCUT2D eigenvalue weighted by atomic mass is 16.5. The lowest BCUT2D eigenvalue weighted by Gasteiger charge is -2.08. The summed E-state index contributed by atoms with van der Waals surface area (Å²) in [7, 11) is 1.57. The normalized spacial score (nSPS) is 9.94. The molecule has 0 saturated carbocycles. The summed E-state index contributed by atoms with van der Waals surface area (Å²) in [5, 5.41) is 2.70. The molecule has 18 heavy (non-hydrogen) atoms. The first-order valence-electron chi connectivity index (χ1n) is 5.68. The molecule has 1 aromatic rings. The van der Waals surface area contributed by atoms with Gasteiger partial charge >= 0.3 is 0 Å². The summed E-state index contributed by atoms with van der Waals surface area (Å²) in [5.74, 6) is -0.202. The smallest absolute Gasteiger partial charge is 0.250 e. The molecule has 0 radical (unpaired) electrons. The average Bonchev–Trinajstić information content (AvgIpc) is 2.28. The molecule has 0 bridgehead atoms. The first kappa shape index (κ1) is 14.2.